The first-order valence-electron chi connectivity index (χ1n) is 8.49. The Kier molecular flexibility index (Phi) is 6.94. The molecule has 0 aromatic heterocycles. The molecule has 2 heteroatoms. The van der Waals surface area contributed by atoms with Gasteiger partial charge in [0.05, 0.1) is 12.7 Å². The molecule has 1 heterocycles. The van der Waals surface area contributed by atoms with Gasteiger partial charge in [0.15, 0.2) is 0 Å². The Morgan fingerprint density at radius 2 is 1.81 bits per heavy atom. The Bertz CT molecular complexity index is 410. The summed E-state index contributed by atoms with van der Waals surface area (Å²) in [6.07, 6.45) is 11.2. The molecule has 1 aromatic carbocycles. The van der Waals surface area contributed by atoms with Crippen LogP contribution in [0.1, 0.15) is 69.1 Å². The quantitative estimate of drug-likeness (QED) is 0.479. The average molecular weight is 288 g/mol. The first-order valence-corrected chi connectivity index (χ1v) is 8.49. The van der Waals surface area contributed by atoms with Gasteiger partial charge in [0, 0.05) is 5.92 Å². The molecule has 2 nitrogen and oxygen atoms in total. The van der Waals surface area contributed by atoms with Crippen LogP contribution in [0.2, 0.25) is 0 Å². The van der Waals surface area contributed by atoms with E-state index in [2.05, 4.69) is 31.2 Å². The number of carbonyl (C=O) groups is 1. The molecule has 0 N–H and O–H groups in total. The highest BCUT2D eigenvalue weighted by molar-refractivity contribution is 5.54. The third-order valence-electron chi connectivity index (χ3n) is 4.39. The molecule has 0 amide bonds. The van der Waals surface area contributed by atoms with Crippen LogP contribution in [0.3, 0.4) is 0 Å². The standard InChI is InChI=1S/C19H28O2/c1-2-3-4-5-6-7-8-16-9-11-18(12-10-16)19-13-17(14-20)15-21-19/h9-12,14,17,19H,2-8,13,15H2,1H3. The molecule has 0 bridgehead atoms. The number of rotatable bonds is 9. The monoisotopic (exact) mass is 288 g/mol. The average Bonchev–Trinajstić information content (AvgIpc) is 3.00. The van der Waals surface area contributed by atoms with Gasteiger partial charge >= 0.3 is 0 Å². The van der Waals surface area contributed by atoms with Crippen LogP contribution in [0, 0.1) is 5.92 Å². The van der Waals surface area contributed by atoms with E-state index in [9.17, 15) is 4.79 Å². The molecule has 1 fully saturated rings. The summed E-state index contributed by atoms with van der Waals surface area (Å²) in [6.45, 7) is 2.83. The summed E-state index contributed by atoms with van der Waals surface area (Å²) in [5.41, 5.74) is 2.63. The van der Waals surface area contributed by atoms with Crippen molar-refractivity contribution in [2.24, 2.45) is 5.92 Å². The Morgan fingerprint density at radius 3 is 2.48 bits per heavy atom. The molecule has 1 aliphatic rings. The van der Waals surface area contributed by atoms with Crippen molar-refractivity contribution in [3.05, 3.63) is 35.4 Å². The topological polar surface area (TPSA) is 26.3 Å². The van der Waals surface area contributed by atoms with Gasteiger partial charge in [-0.1, -0.05) is 63.3 Å². The largest absolute Gasteiger partial charge is 0.373 e. The lowest BCUT2D eigenvalue weighted by Crippen LogP contribution is -1.99. The molecule has 0 spiro atoms. The van der Waals surface area contributed by atoms with Gasteiger partial charge in [-0.3, -0.25) is 0 Å². The van der Waals surface area contributed by atoms with Crippen molar-refractivity contribution in [3.8, 4) is 0 Å². The van der Waals surface area contributed by atoms with Gasteiger partial charge < -0.3 is 9.53 Å². The van der Waals surface area contributed by atoms with E-state index >= 15 is 0 Å². The molecule has 116 valence electrons. The summed E-state index contributed by atoms with van der Waals surface area (Å²) in [5.74, 6) is 0.0813. The fourth-order valence-electron chi connectivity index (χ4n) is 2.99. The third kappa shape index (κ3) is 5.28. The summed E-state index contributed by atoms with van der Waals surface area (Å²) in [5, 5.41) is 0. The number of hydrogen-bond donors (Lipinski definition) is 0. The maximum atomic E-state index is 10.8. The van der Waals surface area contributed by atoms with E-state index in [1.165, 1.54) is 56.1 Å². The summed E-state index contributed by atoms with van der Waals surface area (Å²) >= 11 is 0. The molecule has 2 rings (SSSR count). The maximum absolute atomic E-state index is 10.8. The molecule has 0 radical (unpaired) electrons. The van der Waals surface area contributed by atoms with Crippen LogP contribution in [0.25, 0.3) is 0 Å². The van der Waals surface area contributed by atoms with Gasteiger partial charge in [-0.2, -0.15) is 0 Å². The third-order valence-corrected chi connectivity index (χ3v) is 4.39. The molecular weight excluding hydrogens is 260 g/mol. The number of ether oxygens (including phenoxy) is 1. The molecular formula is C19H28O2. The molecule has 1 saturated heterocycles. The Morgan fingerprint density at radius 1 is 1.10 bits per heavy atom. The highest BCUT2D eigenvalue weighted by atomic mass is 16.5. The number of aldehydes is 1. The summed E-state index contributed by atoms with van der Waals surface area (Å²) in [6, 6.07) is 8.78. The molecule has 21 heavy (non-hydrogen) atoms. The van der Waals surface area contributed by atoms with Crippen LogP contribution in [0.15, 0.2) is 24.3 Å². The van der Waals surface area contributed by atoms with Gasteiger partial charge in [0.2, 0.25) is 0 Å². The first kappa shape index (κ1) is 16.2. The van der Waals surface area contributed by atoms with Crippen LogP contribution in [-0.4, -0.2) is 12.9 Å². The van der Waals surface area contributed by atoms with E-state index in [0.29, 0.717) is 6.61 Å². The van der Waals surface area contributed by atoms with E-state index in [0.717, 1.165) is 12.7 Å². The fourth-order valence-corrected chi connectivity index (χ4v) is 2.99. The number of benzene rings is 1. The molecule has 0 aliphatic carbocycles. The van der Waals surface area contributed by atoms with Crippen molar-refractivity contribution in [3.63, 3.8) is 0 Å². The van der Waals surface area contributed by atoms with E-state index < -0.39 is 0 Å². The lowest BCUT2D eigenvalue weighted by molar-refractivity contribution is -0.111. The van der Waals surface area contributed by atoms with Crippen molar-refractivity contribution in [2.45, 2.75) is 64.4 Å². The fraction of sp³-hybridized carbons (Fsp3) is 0.632. The Hall–Kier alpha value is -1.15. The van der Waals surface area contributed by atoms with Crippen LogP contribution in [0.5, 0.6) is 0 Å². The molecule has 2 atom stereocenters. The summed E-state index contributed by atoms with van der Waals surface area (Å²) in [7, 11) is 0. The van der Waals surface area contributed by atoms with Crippen LogP contribution in [-0.2, 0) is 16.0 Å². The van der Waals surface area contributed by atoms with Crippen molar-refractivity contribution in [1.82, 2.24) is 0 Å². The molecule has 1 aromatic rings. The lowest BCUT2D eigenvalue weighted by Gasteiger charge is -2.10. The highest BCUT2D eigenvalue weighted by Gasteiger charge is 2.25. The van der Waals surface area contributed by atoms with E-state index in [-0.39, 0.29) is 12.0 Å². The van der Waals surface area contributed by atoms with Crippen molar-refractivity contribution in [2.75, 3.05) is 6.61 Å². The zero-order valence-corrected chi connectivity index (χ0v) is 13.2. The lowest BCUT2D eigenvalue weighted by atomic mass is 9.99. The predicted molar refractivity (Wildman–Crippen MR) is 86.4 cm³/mol. The van der Waals surface area contributed by atoms with Crippen LogP contribution in [0.4, 0.5) is 0 Å². The number of aryl methyl sites for hydroxylation is 1. The SMILES string of the molecule is CCCCCCCCc1ccc(C2CC(C=O)CO2)cc1. The smallest absolute Gasteiger partial charge is 0.125 e. The molecule has 0 saturated carbocycles. The van der Waals surface area contributed by atoms with Crippen LogP contribution < -0.4 is 0 Å². The zero-order chi connectivity index (χ0) is 14.9. The molecule has 1 aliphatic heterocycles. The Balaban J connectivity index is 1.71. The summed E-state index contributed by atoms with van der Waals surface area (Å²) in [4.78, 5) is 10.8. The normalized spacial score (nSPS) is 21.6. The van der Waals surface area contributed by atoms with Gasteiger partial charge in [0.25, 0.3) is 0 Å². The minimum atomic E-state index is 0.0813. The second-order valence-electron chi connectivity index (χ2n) is 6.21. The number of carbonyl (C=O) groups excluding carboxylic acids is 1. The first-order chi connectivity index (χ1) is 10.3. The molecule has 2 unspecified atom stereocenters. The van der Waals surface area contributed by atoms with E-state index in [1.807, 2.05) is 0 Å². The Labute approximate surface area is 128 Å². The van der Waals surface area contributed by atoms with E-state index in [4.69, 9.17) is 4.74 Å². The minimum Gasteiger partial charge on any atom is -0.373 e. The summed E-state index contributed by atoms with van der Waals surface area (Å²) < 4.78 is 5.69. The second kappa shape index (κ2) is 8.99. The minimum absolute atomic E-state index is 0.0813. The predicted octanol–water partition coefficient (Wildman–Crippen LogP) is 4.87. The van der Waals surface area contributed by atoms with Gasteiger partial charge in [-0.15, -0.1) is 0 Å². The van der Waals surface area contributed by atoms with E-state index in [1.54, 1.807) is 0 Å². The second-order valence-corrected chi connectivity index (χ2v) is 6.21. The highest BCUT2D eigenvalue weighted by Crippen LogP contribution is 2.31. The zero-order valence-electron chi connectivity index (χ0n) is 13.2. The van der Waals surface area contributed by atoms with Crippen molar-refractivity contribution in [1.29, 1.82) is 0 Å². The van der Waals surface area contributed by atoms with Crippen molar-refractivity contribution < 1.29 is 9.53 Å². The maximum Gasteiger partial charge on any atom is 0.125 e. The van der Waals surface area contributed by atoms with Crippen molar-refractivity contribution >= 4 is 6.29 Å². The van der Waals surface area contributed by atoms with Crippen LogP contribution >= 0.6 is 0 Å². The van der Waals surface area contributed by atoms with Gasteiger partial charge in [-0.05, 0) is 30.4 Å². The van der Waals surface area contributed by atoms with Gasteiger partial charge in [-0.25, -0.2) is 0 Å². The van der Waals surface area contributed by atoms with Gasteiger partial charge in [0.1, 0.15) is 6.29 Å². The number of hydrogen-bond acceptors (Lipinski definition) is 2. The number of unbranched alkanes of at least 4 members (excludes halogenated alkanes) is 5.